The van der Waals surface area contributed by atoms with Crippen molar-refractivity contribution < 1.29 is 84.2 Å². The number of amides is 4. The van der Waals surface area contributed by atoms with Crippen LogP contribution >= 0.6 is 0 Å². The van der Waals surface area contributed by atoms with Crippen LogP contribution in [0.25, 0.3) is 50.2 Å². The number of hydrogen-bond acceptors (Lipinski definition) is 28. The van der Waals surface area contributed by atoms with Crippen molar-refractivity contribution in [2.45, 2.75) is 165 Å². The standard InChI is InChI=1S/C27H31N3O6S.C25H22N6O.C25H27N3O4.C14H29N5O3.C11H13N3O2S.CO2/c1-18(2)14-21(29-27(33)25-16-20-8-3-4-10-24(20)36-25)22(31)15-19-9-7-13-30(17-23(19)32)37(34,35)26-11-5-6-12-28-26;26-14-22-29-24(23-25(30-22)31(16-28-23)10-3-11-32)27-15-17-4-1-6-19(12-17)21-9-8-18-5-2-7-20(18)13-21;1-17(13-19-14-26-21-10-4-3-9-20(19)21)25(31)27-15-24(30)32-16-23(29)28-12-6-8-18-7-2-5-11-22(18)28;1-9(2)7-10(12(19-21)11-8-22-11)13(20)17-5-3-4-6-18-14(15)16;12-9-14-7-6-10(8-14)13-17(15,16)11-4-2-1-3-5-11;2-1-3/h3-6,8,10-12,16,18-19,21H,7,9,13-15,17H2,1-2H3,(H,29,33);1-2,4,6-9,12-13,16,32H,3,5,10-11,15H2,(H,27,29,30);2-5,7,9-11,14,17,26H,6,8,12-13,15-16H2,1H3,(H,27,31);9-12,19,21H,3-8H2,1-2H3,(H,17,20)(H4,15,16,18);1-5,10,13H,6-8H2;/t19-,21+;;17-;10-,11-,12+;;/m1.00../s1. The number of nitrogens with one attached hydrogen (secondary N) is 7. The summed E-state index contributed by atoms with van der Waals surface area (Å²) in [6.45, 7) is 13.7. The van der Waals surface area contributed by atoms with Gasteiger partial charge in [-0.15, -0.1) is 0 Å². The molecular formula is C103H122N20O18S2. The molecule has 5 aromatic heterocycles. The lowest BCUT2D eigenvalue weighted by Gasteiger charge is -2.29. The molecule has 7 atom stereocenters. The molecule has 1 aliphatic carbocycles. The van der Waals surface area contributed by atoms with Gasteiger partial charge in [0.25, 0.3) is 21.8 Å². The van der Waals surface area contributed by atoms with E-state index in [4.69, 9.17) is 45.3 Å². The highest BCUT2D eigenvalue weighted by Crippen LogP contribution is 2.33. The number of likely N-dealkylation sites (tertiary alicyclic amines) is 1. The Labute approximate surface area is 830 Å². The molecule has 1 unspecified atom stereocenters. The first kappa shape index (κ1) is 109. The highest BCUT2D eigenvalue weighted by molar-refractivity contribution is 7.89. The first-order valence-corrected chi connectivity index (χ1v) is 50.4. The molecule has 4 amide bonds. The van der Waals surface area contributed by atoms with Crippen molar-refractivity contribution in [2.24, 2.45) is 46.0 Å². The number of imidazole rings is 1. The van der Waals surface area contributed by atoms with Gasteiger partial charge in [-0.05, 0) is 188 Å². The highest BCUT2D eigenvalue weighted by Gasteiger charge is 2.42. The molecule has 3 fully saturated rings. The number of esters is 1. The molecule has 9 heterocycles. The molecular weight excluding hydrogens is 1870 g/mol. The summed E-state index contributed by atoms with van der Waals surface area (Å²) >= 11 is 0. The second kappa shape index (κ2) is 53.9. The van der Waals surface area contributed by atoms with E-state index in [1.807, 2.05) is 111 Å². The average Bonchev–Trinajstić information content (AvgIpc) is 1.63. The number of ether oxygens (including phenoxy) is 2. The molecule has 0 bridgehead atoms. The lowest BCUT2D eigenvalue weighted by molar-refractivity contribution is -0.192. The van der Waals surface area contributed by atoms with Gasteiger partial charge in [-0.1, -0.05) is 156 Å². The molecule has 0 saturated carbocycles. The van der Waals surface area contributed by atoms with E-state index in [0.29, 0.717) is 126 Å². The number of aromatic nitrogens is 6. The summed E-state index contributed by atoms with van der Waals surface area (Å²) in [4.78, 5) is 132. The van der Waals surface area contributed by atoms with Gasteiger partial charge in [0.05, 0.1) is 48.5 Å². The Morgan fingerprint density at radius 2 is 1.51 bits per heavy atom. The molecule has 38 nitrogen and oxygen atoms in total. The van der Waals surface area contributed by atoms with Gasteiger partial charge in [0, 0.05) is 118 Å². The number of carbonyl (C=O) groups excluding carboxylic acids is 9. The summed E-state index contributed by atoms with van der Waals surface area (Å²) in [6, 6.07) is 53.1. The highest BCUT2D eigenvalue weighted by atomic mass is 32.2. The molecule has 143 heavy (non-hydrogen) atoms. The largest absolute Gasteiger partial charge is 0.454 e. The number of pyridine rings is 1. The van der Waals surface area contributed by atoms with Gasteiger partial charge >= 0.3 is 12.1 Å². The predicted octanol–water partition coefficient (Wildman–Crippen LogP) is 10.0. The van der Waals surface area contributed by atoms with Crippen LogP contribution in [0.5, 0.6) is 0 Å². The zero-order valence-corrected chi connectivity index (χ0v) is 82.1. The monoisotopic (exact) mass is 1990 g/mol. The van der Waals surface area contributed by atoms with Gasteiger partial charge in [0.15, 0.2) is 58.1 Å². The van der Waals surface area contributed by atoms with Gasteiger partial charge in [-0.3, -0.25) is 38.6 Å². The Kier molecular flexibility index (Phi) is 41.0. The number of Topliss-reactive ketones (excluding diaryl/α,β-unsaturated/α-hetero) is 2. The molecule has 13 N–H and O–H groups in total. The van der Waals surface area contributed by atoms with Crippen molar-refractivity contribution in [3.63, 3.8) is 0 Å². The lowest BCUT2D eigenvalue weighted by Crippen LogP contribution is -2.47. The molecule has 6 aromatic carbocycles. The SMILES string of the molecule is CC(C)C[C@H](C(=O)NCCCCN=C(N)N)[C@@H](NO)[C@@H]1CO1.CC(C)C[C@H](NC(=O)c1cc2ccccc2o1)C(=O)C[C@H]1CCCN(S(=O)(=O)c2ccccn2)CC1=O.C[C@@H](Cc1c[nH]c2ccccc12)C(=O)NCC(=O)OCC(=O)N1CCCc2ccccc21.N#CN1CCC(NS(=O)(=O)c2ccccc2)C1.N#Cc1nc(NCc2cccc(-c3ccc4c(c3)C=CC4)c2)c2ncn(CCCO)c2n1.O=C=O. The fraction of sp³-hybridized carbons (Fsp3) is 0.388. The summed E-state index contributed by atoms with van der Waals surface area (Å²) < 4.78 is 71.4. The number of allylic oxidation sites excluding steroid dienone is 1. The van der Waals surface area contributed by atoms with Crippen LogP contribution in [-0.4, -0.2) is 216 Å². The molecule has 754 valence electrons. The fourth-order valence-corrected chi connectivity index (χ4v) is 19.6. The summed E-state index contributed by atoms with van der Waals surface area (Å²) in [7, 11) is -7.37. The van der Waals surface area contributed by atoms with Gasteiger partial charge in [-0.25, -0.2) is 31.5 Å². The number of furan rings is 1. The minimum atomic E-state index is -3.91. The maximum absolute atomic E-state index is 13.3. The van der Waals surface area contributed by atoms with Gasteiger partial charge in [0.2, 0.25) is 27.7 Å². The van der Waals surface area contributed by atoms with E-state index in [9.17, 15) is 60.9 Å². The molecule has 0 radical (unpaired) electrons. The number of rotatable bonds is 37. The number of fused-ring (bicyclic) bond motifs is 5. The Hall–Kier alpha value is -14.6. The molecule has 11 aromatic rings. The smallest absolute Gasteiger partial charge is 0.373 e. The normalized spacial score (nSPS) is 16.0. The van der Waals surface area contributed by atoms with Crippen LogP contribution in [0, 0.1) is 52.4 Å². The number of benzene rings is 6. The Morgan fingerprint density at radius 3 is 2.23 bits per heavy atom. The number of carbonyl (C=O) groups is 7. The van der Waals surface area contributed by atoms with E-state index < -0.39 is 43.9 Å². The molecule has 4 aliphatic heterocycles. The van der Waals surface area contributed by atoms with Gasteiger partial charge < -0.3 is 76.3 Å². The van der Waals surface area contributed by atoms with E-state index in [1.165, 1.54) is 29.0 Å². The molecule has 5 aliphatic rings. The number of unbranched alkanes of at least 4 members (excludes halogenated alkanes) is 1. The van der Waals surface area contributed by atoms with E-state index >= 15 is 0 Å². The van der Waals surface area contributed by atoms with Crippen LogP contribution in [0.4, 0.5) is 11.5 Å². The van der Waals surface area contributed by atoms with Crippen molar-refractivity contribution in [1.82, 2.24) is 64.8 Å². The number of anilines is 2. The molecule has 40 heteroatoms. The number of nitrogens with zero attached hydrogens (tertiary/aromatic N) is 11. The third kappa shape index (κ3) is 32.0. The van der Waals surface area contributed by atoms with E-state index in [2.05, 4.69) is 130 Å². The van der Waals surface area contributed by atoms with Crippen LogP contribution in [0.2, 0.25) is 0 Å². The summed E-state index contributed by atoms with van der Waals surface area (Å²) in [5.41, 5.74) is 24.7. The number of sulfonamides is 2. The number of hydroxylamine groups is 1. The van der Waals surface area contributed by atoms with E-state index in [1.54, 1.807) is 70.7 Å². The number of aliphatic hydroxyl groups is 1. The Balaban J connectivity index is 0.000000173. The minimum Gasteiger partial charge on any atom is -0.454 e. The van der Waals surface area contributed by atoms with E-state index in [-0.39, 0.29) is 138 Å². The molecule has 0 spiro atoms. The fourth-order valence-electron chi connectivity index (χ4n) is 16.9. The van der Waals surface area contributed by atoms with Crippen LogP contribution in [0.15, 0.2) is 214 Å². The number of H-pyrrole nitrogens is 1. The van der Waals surface area contributed by atoms with Crippen LogP contribution in [-0.2, 0) is 100 Å². The Bertz CT molecular complexity index is 6570. The van der Waals surface area contributed by atoms with Crippen LogP contribution in [0.3, 0.4) is 0 Å². The number of aromatic amines is 1. The maximum atomic E-state index is 13.3. The lowest BCUT2D eigenvalue weighted by atomic mass is 9.88. The predicted molar refractivity (Wildman–Crippen MR) is 535 cm³/mol. The average molecular weight is 1990 g/mol. The van der Waals surface area contributed by atoms with Crippen molar-refractivity contribution in [3.05, 3.63) is 234 Å². The van der Waals surface area contributed by atoms with Crippen molar-refractivity contribution in [1.29, 1.82) is 10.5 Å². The first-order chi connectivity index (χ1) is 68.9. The zero-order valence-electron chi connectivity index (χ0n) is 80.5. The number of aryl methyl sites for hydroxylation is 2. The second-order valence-corrected chi connectivity index (χ2v) is 39.4. The zero-order chi connectivity index (χ0) is 103. The Morgan fingerprint density at radius 1 is 0.769 bits per heavy atom. The van der Waals surface area contributed by atoms with Crippen LogP contribution in [0.1, 0.15) is 143 Å². The number of aliphatic imine (C=N–C) groups is 1. The first-order valence-electron chi connectivity index (χ1n) is 47.5. The van der Waals surface area contributed by atoms with Crippen molar-refractivity contribution >= 4 is 124 Å². The van der Waals surface area contributed by atoms with Crippen molar-refractivity contribution in [3.8, 4) is 23.4 Å². The quantitative estimate of drug-likeness (QED) is 0.00328. The minimum absolute atomic E-state index is 0.0578. The summed E-state index contributed by atoms with van der Waals surface area (Å²) in [5.74, 6) is -2.18. The number of nitriles is 2. The maximum Gasteiger partial charge on any atom is 0.373 e. The number of hydrogen-bond donors (Lipinski definition) is 11. The van der Waals surface area contributed by atoms with Gasteiger partial charge in [-0.2, -0.15) is 39.9 Å². The number of aliphatic hydroxyl groups excluding tert-OH is 1. The number of epoxide rings is 1. The second-order valence-electron chi connectivity index (χ2n) is 35.8. The number of para-hydroxylation sites is 3. The number of nitrogens with two attached hydrogens (primary N) is 2. The summed E-state index contributed by atoms with van der Waals surface area (Å²) in [5, 5.41) is 49.9. The van der Waals surface area contributed by atoms with Crippen LogP contribution < -0.4 is 47.8 Å². The molecule has 16 rings (SSSR count). The molecule has 3 saturated heterocycles. The van der Waals surface area contributed by atoms with E-state index in [0.717, 1.165) is 80.6 Å². The topological polar surface area (TPSA) is 563 Å². The number of guanidine groups is 1. The third-order valence-corrected chi connectivity index (χ3v) is 27.5. The van der Waals surface area contributed by atoms with Crippen molar-refractivity contribution in [2.75, 3.05) is 82.4 Å². The number of ketones is 2. The van der Waals surface area contributed by atoms with Gasteiger partial charge in [0.1, 0.15) is 18.2 Å². The third-order valence-electron chi connectivity index (χ3n) is 24.2. The summed E-state index contributed by atoms with van der Waals surface area (Å²) in [6.07, 6.45) is 19.6.